The van der Waals surface area contributed by atoms with E-state index in [0.29, 0.717) is 12.0 Å². The highest BCUT2D eigenvalue weighted by atomic mass is 35.5. The van der Waals surface area contributed by atoms with Gasteiger partial charge in [-0.25, -0.2) is 0 Å². The van der Waals surface area contributed by atoms with E-state index >= 15 is 0 Å². The van der Waals surface area contributed by atoms with Gasteiger partial charge in [0, 0.05) is 11.5 Å². The normalized spacial score (nSPS) is 21.7. The van der Waals surface area contributed by atoms with Gasteiger partial charge in [-0.05, 0) is 11.6 Å². The van der Waals surface area contributed by atoms with Gasteiger partial charge in [0.15, 0.2) is 0 Å². The summed E-state index contributed by atoms with van der Waals surface area (Å²) < 4.78 is 5.23. The maximum absolute atomic E-state index is 11.3. The lowest BCUT2D eigenvalue weighted by Gasteiger charge is -2.23. The molecular formula is C12H12ClNO4. The van der Waals surface area contributed by atoms with Gasteiger partial charge in [-0.1, -0.05) is 31.5 Å². The standard InChI is InChI=1S/C12H12ClNO4/c1-12(2)6-10(15)18-11(12)7-3-4-8(13)9(5-7)14(16)17/h3-5,11H,6H2,1-2H3. The number of esters is 1. The van der Waals surface area contributed by atoms with Crippen LogP contribution >= 0.6 is 11.6 Å². The molecule has 18 heavy (non-hydrogen) atoms. The number of nitro groups is 1. The van der Waals surface area contributed by atoms with Gasteiger partial charge in [0.1, 0.15) is 11.1 Å². The molecule has 1 aromatic carbocycles. The first-order valence-electron chi connectivity index (χ1n) is 5.44. The Morgan fingerprint density at radius 2 is 2.17 bits per heavy atom. The summed E-state index contributed by atoms with van der Waals surface area (Å²) in [6.45, 7) is 3.78. The number of nitrogens with zero attached hydrogens (tertiary/aromatic N) is 1. The first kappa shape index (κ1) is 12.8. The van der Waals surface area contributed by atoms with Crippen LogP contribution in [0.1, 0.15) is 31.9 Å². The Labute approximate surface area is 109 Å². The summed E-state index contributed by atoms with van der Waals surface area (Å²) in [5.41, 5.74) is 0.0496. The van der Waals surface area contributed by atoms with Crippen molar-refractivity contribution >= 4 is 23.3 Å². The number of halogens is 1. The lowest BCUT2D eigenvalue weighted by Crippen LogP contribution is -2.16. The second kappa shape index (κ2) is 4.24. The Balaban J connectivity index is 2.43. The van der Waals surface area contributed by atoms with E-state index in [4.69, 9.17) is 16.3 Å². The molecule has 0 aliphatic carbocycles. The summed E-state index contributed by atoms with van der Waals surface area (Å²) >= 11 is 5.75. The van der Waals surface area contributed by atoms with Crippen LogP contribution in [-0.2, 0) is 9.53 Å². The van der Waals surface area contributed by atoms with E-state index in [9.17, 15) is 14.9 Å². The Morgan fingerprint density at radius 1 is 1.50 bits per heavy atom. The molecule has 1 unspecified atom stereocenters. The van der Waals surface area contributed by atoms with Crippen LogP contribution in [-0.4, -0.2) is 10.9 Å². The molecule has 1 aliphatic rings. The Hall–Kier alpha value is -1.62. The fraction of sp³-hybridized carbons (Fsp3) is 0.417. The molecule has 0 saturated carbocycles. The quantitative estimate of drug-likeness (QED) is 0.469. The van der Waals surface area contributed by atoms with Gasteiger partial charge < -0.3 is 4.74 Å². The molecule has 1 fully saturated rings. The molecule has 96 valence electrons. The van der Waals surface area contributed by atoms with Crippen LogP contribution in [0.4, 0.5) is 5.69 Å². The number of rotatable bonds is 2. The number of hydrogen-bond acceptors (Lipinski definition) is 4. The minimum Gasteiger partial charge on any atom is -0.457 e. The molecule has 1 aliphatic heterocycles. The van der Waals surface area contributed by atoms with Gasteiger partial charge in [0.05, 0.1) is 11.3 Å². The van der Waals surface area contributed by atoms with Gasteiger partial charge in [-0.15, -0.1) is 0 Å². The molecule has 1 heterocycles. The molecule has 0 aromatic heterocycles. The van der Waals surface area contributed by atoms with Crippen molar-refractivity contribution in [2.24, 2.45) is 5.41 Å². The van der Waals surface area contributed by atoms with Gasteiger partial charge in [0.2, 0.25) is 0 Å². The number of hydrogen-bond donors (Lipinski definition) is 0. The van der Waals surface area contributed by atoms with Crippen LogP contribution in [0, 0.1) is 15.5 Å². The summed E-state index contributed by atoms with van der Waals surface area (Å²) in [5, 5.41) is 10.9. The monoisotopic (exact) mass is 269 g/mol. The summed E-state index contributed by atoms with van der Waals surface area (Å²) in [4.78, 5) is 21.6. The number of benzene rings is 1. The number of carbonyl (C=O) groups excluding carboxylic acids is 1. The van der Waals surface area contributed by atoms with Crippen molar-refractivity contribution in [2.45, 2.75) is 26.4 Å². The second-order valence-electron chi connectivity index (χ2n) is 5.00. The average Bonchev–Trinajstić information content (AvgIpc) is 2.52. The molecule has 5 nitrogen and oxygen atoms in total. The molecule has 0 N–H and O–H groups in total. The molecule has 1 atom stereocenters. The van der Waals surface area contributed by atoms with E-state index in [-0.39, 0.29) is 22.1 Å². The number of nitro benzene ring substituents is 1. The highest BCUT2D eigenvalue weighted by Gasteiger charge is 2.43. The van der Waals surface area contributed by atoms with E-state index in [1.807, 2.05) is 13.8 Å². The highest BCUT2D eigenvalue weighted by molar-refractivity contribution is 6.32. The summed E-state index contributed by atoms with van der Waals surface area (Å²) in [6, 6.07) is 4.48. The lowest BCUT2D eigenvalue weighted by atomic mass is 9.82. The minimum absolute atomic E-state index is 0.0749. The second-order valence-corrected chi connectivity index (χ2v) is 5.41. The fourth-order valence-electron chi connectivity index (χ4n) is 2.15. The third-order valence-corrected chi connectivity index (χ3v) is 3.35. The lowest BCUT2D eigenvalue weighted by molar-refractivity contribution is -0.384. The van der Waals surface area contributed by atoms with Crippen LogP contribution in [0.3, 0.4) is 0 Å². The Morgan fingerprint density at radius 3 is 2.67 bits per heavy atom. The van der Waals surface area contributed by atoms with Crippen molar-refractivity contribution in [1.82, 2.24) is 0 Å². The Bertz CT molecular complexity index is 527. The van der Waals surface area contributed by atoms with Gasteiger partial charge in [-0.3, -0.25) is 14.9 Å². The van der Waals surface area contributed by atoms with Gasteiger partial charge in [-0.2, -0.15) is 0 Å². The number of ether oxygens (including phenoxy) is 1. The highest BCUT2D eigenvalue weighted by Crippen LogP contribution is 2.46. The van der Waals surface area contributed by atoms with Crippen molar-refractivity contribution < 1.29 is 14.5 Å². The first-order valence-corrected chi connectivity index (χ1v) is 5.82. The number of cyclic esters (lactones) is 1. The topological polar surface area (TPSA) is 69.4 Å². The average molecular weight is 270 g/mol. The summed E-state index contributed by atoms with van der Waals surface area (Å²) in [7, 11) is 0. The van der Waals surface area contributed by atoms with Crippen LogP contribution in [0.5, 0.6) is 0 Å². The Kier molecular flexibility index (Phi) is 3.02. The molecule has 0 spiro atoms. The molecular weight excluding hydrogens is 258 g/mol. The third kappa shape index (κ3) is 2.18. The van der Waals surface area contributed by atoms with Crippen molar-refractivity contribution in [3.8, 4) is 0 Å². The van der Waals surface area contributed by atoms with E-state index in [1.165, 1.54) is 12.1 Å². The van der Waals surface area contributed by atoms with Crippen LogP contribution in [0.2, 0.25) is 5.02 Å². The maximum Gasteiger partial charge on any atom is 0.307 e. The molecule has 1 aromatic rings. The van der Waals surface area contributed by atoms with E-state index in [0.717, 1.165) is 0 Å². The zero-order valence-electron chi connectivity index (χ0n) is 9.97. The van der Waals surface area contributed by atoms with Crippen LogP contribution < -0.4 is 0 Å². The van der Waals surface area contributed by atoms with Gasteiger partial charge >= 0.3 is 5.97 Å². The van der Waals surface area contributed by atoms with Crippen LogP contribution in [0.15, 0.2) is 18.2 Å². The van der Waals surface area contributed by atoms with E-state index < -0.39 is 11.0 Å². The van der Waals surface area contributed by atoms with Crippen molar-refractivity contribution in [1.29, 1.82) is 0 Å². The first-order chi connectivity index (χ1) is 8.31. The summed E-state index contributed by atoms with van der Waals surface area (Å²) in [6.07, 6.45) is -0.172. The molecule has 6 heteroatoms. The maximum atomic E-state index is 11.3. The fourth-order valence-corrected chi connectivity index (χ4v) is 2.34. The molecule has 1 saturated heterocycles. The largest absolute Gasteiger partial charge is 0.457 e. The number of carbonyl (C=O) groups is 1. The van der Waals surface area contributed by atoms with E-state index in [2.05, 4.69) is 0 Å². The van der Waals surface area contributed by atoms with Crippen molar-refractivity contribution in [3.05, 3.63) is 38.9 Å². The predicted molar refractivity (Wildman–Crippen MR) is 65.3 cm³/mol. The van der Waals surface area contributed by atoms with Crippen LogP contribution in [0.25, 0.3) is 0 Å². The van der Waals surface area contributed by atoms with Crippen molar-refractivity contribution in [3.63, 3.8) is 0 Å². The summed E-state index contributed by atoms with van der Waals surface area (Å²) in [5.74, 6) is -0.289. The third-order valence-electron chi connectivity index (χ3n) is 3.03. The zero-order chi connectivity index (χ0) is 13.5. The smallest absolute Gasteiger partial charge is 0.307 e. The zero-order valence-corrected chi connectivity index (χ0v) is 10.7. The SMILES string of the molecule is CC1(C)CC(=O)OC1c1ccc(Cl)c([N+](=O)[O-])c1. The van der Waals surface area contributed by atoms with Gasteiger partial charge in [0.25, 0.3) is 5.69 Å². The molecule has 2 rings (SSSR count). The minimum atomic E-state index is -0.546. The van der Waals surface area contributed by atoms with Crippen molar-refractivity contribution in [2.75, 3.05) is 0 Å². The molecule has 0 radical (unpaired) electrons. The van der Waals surface area contributed by atoms with E-state index in [1.54, 1.807) is 6.07 Å². The molecule has 0 amide bonds. The predicted octanol–water partition coefficient (Wildman–Crippen LogP) is 3.26. The molecule has 0 bridgehead atoms.